The maximum atomic E-state index is 11.8. The third-order valence-corrected chi connectivity index (χ3v) is 3.12. The first-order valence-electron chi connectivity index (χ1n) is 6.54. The van der Waals surface area contributed by atoms with Gasteiger partial charge in [-0.15, -0.1) is 0 Å². The van der Waals surface area contributed by atoms with Crippen molar-refractivity contribution >= 4 is 16.8 Å². The second kappa shape index (κ2) is 6.38. The molecular formula is C15H20N2O2. The number of carbonyl (C=O) groups excluding carboxylic acids is 1. The Morgan fingerprint density at radius 3 is 3.00 bits per heavy atom. The van der Waals surface area contributed by atoms with Gasteiger partial charge in [-0.3, -0.25) is 4.79 Å². The number of rotatable bonds is 6. The smallest absolute Gasteiger partial charge is 0.220 e. The molecule has 2 rings (SSSR count). The van der Waals surface area contributed by atoms with Gasteiger partial charge in [-0.1, -0.05) is 18.2 Å². The molecule has 0 radical (unpaired) electrons. The molecule has 1 aromatic heterocycles. The van der Waals surface area contributed by atoms with Crippen molar-refractivity contribution in [3.8, 4) is 0 Å². The second-order valence-corrected chi connectivity index (χ2v) is 4.78. The lowest BCUT2D eigenvalue weighted by Gasteiger charge is -2.12. The normalized spacial score (nSPS) is 12.5. The Labute approximate surface area is 113 Å². The van der Waals surface area contributed by atoms with Gasteiger partial charge in [0.05, 0.1) is 6.61 Å². The van der Waals surface area contributed by atoms with E-state index in [-0.39, 0.29) is 11.9 Å². The lowest BCUT2D eigenvalue weighted by Crippen LogP contribution is -2.35. The standard InChI is InChI=1S/C15H20N2O2/c1-11(10-19-2)17-15(18)8-7-12-9-16-14-6-4-3-5-13(12)14/h3-6,9,11,16H,7-8,10H2,1-2H3,(H,17,18). The summed E-state index contributed by atoms with van der Waals surface area (Å²) in [5.74, 6) is 0.0647. The molecule has 1 heterocycles. The molecule has 0 aliphatic heterocycles. The van der Waals surface area contributed by atoms with E-state index in [4.69, 9.17) is 4.74 Å². The van der Waals surface area contributed by atoms with Crippen LogP contribution in [0.15, 0.2) is 30.5 Å². The number of aromatic nitrogens is 1. The number of H-pyrrole nitrogens is 1. The van der Waals surface area contributed by atoms with Crippen LogP contribution < -0.4 is 5.32 Å². The van der Waals surface area contributed by atoms with Crippen LogP contribution in [0.1, 0.15) is 18.9 Å². The molecule has 1 atom stereocenters. The lowest BCUT2D eigenvalue weighted by molar-refractivity contribution is -0.122. The summed E-state index contributed by atoms with van der Waals surface area (Å²) >= 11 is 0. The first kappa shape index (κ1) is 13.6. The van der Waals surface area contributed by atoms with E-state index in [2.05, 4.69) is 16.4 Å². The number of methoxy groups -OCH3 is 1. The molecule has 0 fully saturated rings. The van der Waals surface area contributed by atoms with Gasteiger partial charge in [0.2, 0.25) is 5.91 Å². The molecule has 4 nitrogen and oxygen atoms in total. The summed E-state index contributed by atoms with van der Waals surface area (Å²) in [6.45, 7) is 2.48. The van der Waals surface area contributed by atoms with E-state index >= 15 is 0 Å². The molecule has 4 heteroatoms. The molecule has 0 bridgehead atoms. The highest BCUT2D eigenvalue weighted by Gasteiger charge is 2.09. The van der Waals surface area contributed by atoms with Crippen molar-refractivity contribution in [2.24, 2.45) is 0 Å². The Balaban J connectivity index is 1.90. The zero-order valence-corrected chi connectivity index (χ0v) is 11.4. The molecule has 2 N–H and O–H groups in total. The Bertz CT molecular complexity index is 548. The molecule has 2 aromatic rings. The van der Waals surface area contributed by atoms with Crippen LogP contribution in [0.3, 0.4) is 0 Å². The fourth-order valence-corrected chi connectivity index (χ4v) is 2.23. The van der Waals surface area contributed by atoms with Crippen molar-refractivity contribution in [3.63, 3.8) is 0 Å². The molecule has 1 unspecified atom stereocenters. The number of aromatic amines is 1. The molecule has 0 saturated carbocycles. The minimum absolute atomic E-state index is 0.0560. The number of fused-ring (bicyclic) bond motifs is 1. The van der Waals surface area contributed by atoms with Crippen molar-refractivity contribution in [3.05, 3.63) is 36.0 Å². The number of hydrogen-bond acceptors (Lipinski definition) is 2. The highest BCUT2D eigenvalue weighted by atomic mass is 16.5. The third-order valence-electron chi connectivity index (χ3n) is 3.12. The van der Waals surface area contributed by atoms with Crippen molar-refractivity contribution in [1.29, 1.82) is 0 Å². The van der Waals surface area contributed by atoms with Gasteiger partial charge >= 0.3 is 0 Å². The average Bonchev–Trinajstić information content (AvgIpc) is 2.80. The zero-order valence-electron chi connectivity index (χ0n) is 11.4. The van der Waals surface area contributed by atoms with Gasteiger partial charge < -0.3 is 15.0 Å². The van der Waals surface area contributed by atoms with Crippen LogP contribution in [0.4, 0.5) is 0 Å². The highest BCUT2D eigenvalue weighted by Crippen LogP contribution is 2.18. The molecule has 102 valence electrons. The summed E-state index contributed by atoms with van der Waals surface area (Å²) in [6.07, 6.45) is 3.22. The fourth-order valence-electron chi connectivity index (χ4n) is 2.23. The predicted molar refractivity (Wildman–Crippen MR) is 76.1 cm³/mol. The number of ether oxygens (including phenoxy) is 1. The summed E-state index contributed by atoms with van der Waals surface area (Å²) in [5, 5.41) is 4.11. The number of carbonyl (C=O) groups is 1. The molecule has 0 aliphatic rings. The Kier molecular flexibility index (Phi) is 4.58. The highest BCUT2D eigenvalue weighted by molar-refractivity contribution is 5.84. The summed E-state index contributed by atoms with van der Waals surface area (Å²) in [6, 6.07) is 8.19. The minimum Gasteiger partial charge on any atom is -0.383 e. The lowest BCUT2D eigenvalue weighted by atomic mass is 10.1. The van der Waals surface area contributed by atoms with Crippen LogP contribution >= 0.6 is 0 Å². The summed E-state index contributed by atoms with van der Waals surface area (Å²) in [5.41, 5.74) is 2.30. The van der Waals surface area contributed by atoms with Crippen LogP contribution in [0.5, 0.6) is 0 Å². The second-order valence-electron chi connectivity index (χ2n) is 4.78. The van der Waals surface area contributed by atoms with Gasteiger partial charge in [0.15, 0.2) is 0 Å². The molecule has 0 spiro atoms. The van der Waals surface area contributed by atoms with Crippen molar-refractivity contribution in [2.45, 2.75) is 25.8 Å². The Hall–Kier alpha value is -1.81. The van der Waals surface area contributed by atoms with E-state index in [9.17, 15) is 4.79 Å². The number of benzene rings is 1. The van der Waals surface area contributed by atoms with E-state index in [1.54, 1.807) is 7.11 Å². The van der Waals surface area contributed by atoms with Gasteiger partial charge in [0.1, 0.15) is 0 Å². The predicted octanol–water partition coefficient (Wildman–Crippen LogP) is 2.25. The largest absolute Gasteiger partial charge is 0.383 e. The molecular weight excluding hydrogens is 240 g/mol. The van der Waals surface area contributed by atoms with E-state index in [0.717, 1.165) is 11.9 Å². The van der Waals surface area contributed by atoms with Gasteiger partial charge in [-0.05, 0) is 25.0 Å². The number of para-hydroxylation sites is 1. The maximum Gasteiger partial charge on any atom is 0.220 e. The van der Waals surface area contributed by atoms with E-state index in [1.165, 1.54) is 10.9 Å². The zero-order chi connectivity index (χ0) is 13.7. The van der Waals surface area contributed by atoms with E-state index < -0.39 is 0 Å². The number of nitrogens with one attached hydrogen (secondary N) is 2. The minimum atomic E-state index is 0.0560. The molecule has 0 saturated heterocycles. The van der Waals surface area contributed by atoms with Crippen molar-refractivity contribution in [2.75, 3.05) is 13.7 Å². The SMILES string of the molecule is COCC(C)NC(=O)CCc1c[nH]c2ccccc12. The first-order valence-corrected chi connectivity index (χ1v) is 6.54. The van der Waals surface area contributed by atoms with Crippen molar-refractivity contribution < 1.29 is 9.53 Å². The molecule has 19 heavy (non-hydrogen) atoms. The quantitative estimate of drug-likeness (QED) is 0.837. The van der Waals surface area contributed by atoms with Crippen LogP contribution in [0, 0.1) is 0 Å². The van der Waals surface area contributed by atoms with E-state index in [1.807, 2.05) is 31.3 Å². The average molecular weight is 260 g/mol. The van der Waals surface area contributed by atoms with Gasteiger partial charge in [-0.2, -0.15) is 0 Å². The molecule has 0 aliphatic carbocycles. The molecule has 1 amide bonds. The summed E-state index contributed by atoms with van der Waals surface area (Å²) in [7, 11) is 1.63. The Morgan fingerprint density at radius 1 is 1.42 bits per heavy atom. The van der Waals surface area contributed by atoms with Crippen molar-refractivity contribution in [1.82, 2.24) is 10.3 Å². The number of amides is 1. The summed E-state index contributed by atoms with van der Waals surface area (Å²) in [4.78, 5) is 15.0. The monoisotopic (exact) mass is 260 g/mol. The number of aryl methyl sites for hydroxylation is 1. The van der Waals surface area contributed by atoms with Crippen LogP contribution in [0.25, 0.3) is 10.9 Å². The number of hydrogen-bond donors (Lipinski definition) is 2. The van der Waals surface area contributed by atoms with Gasteiger partial charge in [0.25, 0.3) is 0 Å². The Morgan fingerprint density at radius 2 is 2.21 bits per heavy atom. The fraction of sp³-hybridized carbons (Fsp3) is 0.400. The van der Waals surface area contributed by atoms with Crippen LogP contribution in [-0.4, -0.2) is 30.6 Å². The van der Waals surface area contributed by atoms with E-state index in [0.29, 0.717) is 13.0 Å². The van der Waals surface area contributed by atoms with Crippen LogP contribution in [-0.2, 0) is 16.0 Å². The van der Waals surface area contributed by atoms with Gasteiger partial charge in [-0.25, -0.2) is 0 Å². The molecule has 1 aromatic carbocycles. The maximum absolute atomic E-state index is 11.8. The topological polar surface area (TPSA) is 54.1 Å². The summed E-state index contributed by atoms with van der Waals surface area (Å²) < 4.78 is 4.99. The van der Waals surface area contributed by atoms with Crippen LogP contribution in [0.2, 0.25) is 0 Å². The van der Waals surface area contributed by atoms with Gasteiger partial charge in [0, 0.05) is 36.7 Å². The third kappa shape index (κ3) is 3.58. The first-order chi connectivity index (χ1) is 9.20.